The number of nitrogens with zero attached hydrogens (tertiary/aromatic N) is 4. The summed E-state index contributed by atoms with van der Waals surface area (Å²) in [7, 11) is 0. The summed E-state index contributed by atoms with van der Waals surface area (Å²) in [5, 5.41) is 13.3. The van der Waals surface area contributed by atoms with Crippen molar-refractivity contribution in [2.75, 3.05) is 5.32 Å². The van der Waals surface area contributed by atoms with E-state index in [1.807, 2.05) is 5.32 Å². The van der Waals surface area contributed by atoms with Crippen molar-refractivity contribution in [3.8, 4) is 11.4 Å². The summed E-state index contributed by atoms with van der Waals surface area (Å²) in [6.45, 7) is -0.558. The number of benzene rings is 2. The highest BCUT2D eigenvalue weighted by atomic mass is 19.4. The summed E-state index contributed by atoms with van der Waals surface area (Å²) in [5.41, 5.74) is -3.10. The maximum absolute atomic E-state index is 12.9. The Kier molecular flexibility index (Phi) is 5.27. The molecule has 1 aromatic heterocycles. The van der Waals surface area contributed by atoms with Gasteiger partial charge in [-0.25, -0.2) is 0 Å². The first kappa shape index (κ1) is 20.3. The van der Waals surface area contributed by atoms with E-state index in [9.17, 15) is 31.1 Å². The Morgan fingerprint density at radius 1 is 0.931 bits per heavy atom. The van der Waals surface area contributed by atoms with Crippen molar-refractivity contribution in [1.29, 1.82) is 0 Å². The molecule has 29 heavy (non-hydrogen) atoms. The summed E-state index contributed by atoms with van der Waals surface area (Å²) in [5.74, 6) is -0.716. The van der Waals surface area contributed by atoms with Crippen LogP contribution in [0, 0.1) is 0 Å². The summed E-state index contributed by atoms with van der Waals surface area (Å²) < 4.78 is 77.2. The second-order valence-corrected chi connectivity index (χ2v) is 5.85. The van der Waals surface area contributed by atoms with Crippen LogP contribution in [0.25, 0.3) is 11.4 Å². The number of aromatic nitrogens is 4. The smallest absolute Gasteiger partial charge is 0.324 e. The fourth-order valence-corrected chi connectivity index (χ4v) is 2.37. The van der Waals surface area contributed by atoms with Gasteiger partial charge in [0.15, 0.2) is 0 Å². The predicted molar refractivity (Wildman–Crippen MR) is 88.3 cm³/mol. The molecule has 0 radical (unpaired) electrons. The van der Waals surface area contributed by atoms with Crippen LogP contribution in [0.1, 0.15) is 11.1 Å². The van der Waals surface area contributed by atoms with E-state index in [1.165, 1.54) is 0 Å². The predicted octanol–water partition coefficient (Wildman–Crippen LogP) is 4.02. The van der Waals surface area contributed by atoms with E-state index < -0.39 is 41.6 Å². The molecule has 0 atom stereocenters. The largest absolute Gasteiger partial charge is 0.416 e. The lowest BCUT2D eigenvalue weighted by molar-refractivity contribution is -0.143. The number of carbonyl (C=O) groups excluding carboxylic acids is 1. The molecule has 1 amide bonds. The monoisotopic (exact) mass is 415 g/mol. The Morgan fingerprint density at radius 3 is 2.07 bits per heavy atom. The molecule has 3 rings (SSSR count). The van der Waals surface area contributed by atoms with Gasteiger partial charge in [0.05, 0.1) is 11.1 Å². The summed E-state index contributed by atoms with van der Waals surface area (Å²) in [4.78, 5) is 12.9. The number of halogens is 6. The zero-order valence-electron chi connectivity index (χ0n) is 14.3. The maximum Gasteiger partial charge on any atom is 0.416 e. The minimum atomic E-state index is -5.02. The molecule has 1 N–H and O–H groups in total. The third kappa shape index (κ3) is 5.09. The Balaban J connectivity index is 1.78. The van der Waals surface area contributed by atoms with Crippen molar-refractivity contribution < 1.29 is 31.1 Å². The molecule has 0 aliphatic carbocycles. The lowest BCUT2D eigenvalue weighted by atomic mass is 10.1. The Hall–Kier alpha value is -3.44. The van der Waals surface area contributed by atoms with Crippen molar-refractivity contribution >= 4 is 11.6 Å². The molecule has 0 unspecified atom stereocenters. The average Bonchev–Trinajstić information content (AvgIpc) is 3.09. The van der Waals surface area contributed by atoms with Gasteiger partial charge in [-0.15, -0.1) is 10.2 Å². The van der Waals surface area contributed by atoms with E-state index in [0.29, 0.717) is 17.7 Å². The highest BCUT2D eigenvalue weighted by molar-refractivity contribution is 5.90. The number of rotatable bonds is 4. The molecule has 0 aliphatic rings. The minimum Gasteiger partial charge on any atom is -0.324 e. The van der Waals surface area contributed by atoms with E-state index in [2.05, 4.69) is 15.4 Å². The molecule has 6 nitrogen and oxygen atoms in total. The van der Waals surface area contributed by atoms with Gasteiger partial charge in [-0.2, -0.15) is 31.1 Å². The normalized spacial score (nSPS) is 12.1. The molecule has 0 saturated heterocycles. The van der Waals surface area contributed by atoms with Crippen LogP contribution < -0.4 is 5.32 Å². The Morgan fingerprint density at radius 2 is 1.52 bits per heavy atom. The van der Waals surface area contributed by atoms with Crippen LogP contribution in [-0.4, -0.2) is 26.1 Å². The second kappa shape index (κ2) is 7.53. The van der Waals surface area contributed by atoms with Crippen LogP contribution in [-0.2, 0) is 23.7 Å². The highest BCUT2D eigenvalue weighted by Gasteiger charge is 2.37. The molecule has 1 heterocycles. The lowest BCUT2D eigenvalue weighted by Crippen LogP contribution is -2.21. The SMILES string of the molecule is O=C(Cn1nnc(-c2ccccc2)n1)Nc1cc(C(F)(F)F)cc(C(F)(F)F)c1. The quantitative estimate of drug-likeness (QED) is 0.654. The number of carbonyl (C=O) groups is 1. The minimum absolute atomic E-state index is 0.0270. The van der Waals surface area contributed by atoms with Gasteiger partial charge >= 0.3 is 12.4 Å². The number of amides is 1. The lowest BCUT2D eigenvalue weighted by Gasteiger charge is -2.14. The first-order chi connectivity index (χ1) is 13.5. The Labute approximate surface area is 159 Å². The van der Waals surface area contributed by atoms with E-state index in [1.54, 1.807) is 30.3 Å². The topological polar surface area (TPSA) is 72.7 Å². The fraction of sp³-hybridized carbons (Fsp3) is 0.176. The number of hydrogen-bond acceptors (Lipinski definition) is 4. The summed E-state index contributed by atoms with van der Waals surface area (Å²) >= 11 is 0. The van der Waals surface area contributed by atoms with Gasteiger partial charge in [0.25, 0.3) is 0 Å². The van der Waals surface area contributed by atoms with Crippen LogP contribution in [0.15, 0.2) is 48.5 Å². The van der Waals surface area contributed by atoms with Crippen LogP contribution in [0.2, 0.25) is 0 Å². The van der Waals surface area contributed by atoms with Crippen LogP contribution >= 0.6 is 0 Å². The maximum atomic E-state index is 12.9. The van der Waals surface area contributed by atoms with Crippen molar-refractivity contribution in [3.63, 3.8) is 0 Å². The average molecular weight is 415 g/mol. The second-order valence-electron chi connectivity index (χ2n) is 5.85. The van der Waals surface area contributed by atoms with Gasteiger partial charge in [0.1, 0.15) is 6.54 Å². The number of nitrogens with one attached hydrogen (secondary N) is 1. The zero-order valence-corrected chi connectivity index (χ0v) is 14.3. The standard InChI is InChI=1S/C17H11F6N5O/c18-16(19,20)11-6-12(17(21,22)23)8-13(7-11)24-14(29)9-28-26-15(25-27-28)10-4-2-1-3-5-10/h1-8H,9H2,(H,24,29). The number of hydrogen-bond donors (Lipinski definition) is 1. The molecule has 12 heteroatoms. The molecule has 3 aromatic rings. The summed E-state index contributed by atoms with van der Waals surface area (Å²) in [6.07, 6.45) is -10.0. The van der Waals surface area contributed by atoms with E-state index in [0.717, 1.165) is 4.80 Å². The van der Waals surface area contributed by atoms with Crippen LogP contribution in [0.5, 0.6) is 0 Å². The number of alkyl halides is 6. The van der Waals surface area contributed by atoms with E-state index in [4.69, 9.17) is 0 Å². The summed E-state index contributed by atoms with van der Waals surface area (Å²) in [6, 6.07) is 9.43. The molecular formula is C17H11F6N5O. The van der Waals surface area contributed by atoms with Gasteiger partial charge in [-0.1, -0.05) is 30.3 Å². The van der Waals surface area contributed by atoms with Gasteiger partial charge in [-0.05, 0) is 23.4 Å². The number of tetrazole rings is 1. The molecular weight excluding hydrogens is 404 g/mol. The fourth-order valence-electron chi connectivity index (χ4n) is 2.37. The number of anilines is 1. The molecule has 0 saturated carbocycles. The van der Waals surface area contributed by atoms with Crippen molar-refractivity contribution in [2.24, 2.45) is 0 Å². The Bertz CT molecular complexity index is 981. The van der Waals surface area contributed by atoms with E-state index >= 15 is 0 Å². The third-order valence-electron chi connectivity index (χ3n) is 3.64. The molecule has 152 valence electrons. The van der Waals surface area contributed by atoms with Crippen molar-refractivity contribution in [3.05, 3.63) is 59.7 Å². The molecule has 0 fully saturated rings. The van der Waals surface area contributed by atoms with E-state index in [-0.39, 0.29) is 11.9 Å². The van der Waals surface area contributed by atoms with Crippen LogP contribution in [0.4, 0.5) is 32.0 Å². The van der Waals surface area contributed by atoms with Gasteiger partial charge in [0.2, 0.25) is 11.7 Å². The zero-order chi connectivity index (χ0) is 21.2. The van der Waals surface area contributed by atoms with Crippen molar-refractivity contribution in [2.45, 2.75) is 18.9 Å². The first-order valence-electron chi connectivity index (χ1n) is 7.95. The first-order valence-corrected chi connectivity index (χ1v) is 7.95. The molecule has 0 bridgehead atoms. The van der Waals surface area contributed by atoms with Crippen LogP contribution in [0.3, 0.4) is 0 Å². The molecule has 0 spiro atoms. The highest BCUT2D eigenvalue weighted by Crippen LogP contribution is 2.37. The molecule has 2 aromatic carbocycles. The van der Waals surface area contributed by atoms with Gasteiger partial charge in [0, 0.05) is 11.3 Å². The van der Waals surface area contributed by atoms with Crippen molar-refractivity contribution in [1.82, 2.24) is 20.2 Å². The molecule has 0 aliphatic heterocycles. The van der Waals surface area contributed by atoms with Gasteiger partial charge < -0.3 is 5.32 Å². The third-order valence-corrected chi connectivity index (χ3v) is 3.64. The van der Waals surface area contributed by atoms with Gasteiger partial charge in [-0.3, -0.25) is 4.79 Å².